The van der Waals surface area contributed by atoms with Crippen LogP contribution >= 0.6 is 0 Å². The lowest BCUT2D eigenvalue weighted by molar-refractivity contribution is -0.274. The lowest BCUT2D eigenvalue weighted by Gasteiger charge is -2.19. The van der Waals surface area contributed by atoms with Gasteiger partial charge in [-0.15, -0.1) is 13.2 Å². The fourth-order valence-corrected chi connectivity index (χ4v) is 3.94. The molecule has 0 aliphatic heterocycles. The van der Waals surface area contributed by atoms with E-state index in [0.717, 1.165) is 24.5 Å². The number of benzene rings is 2. The Hall–Kier alpha value is -3.58. The summed E-state index contributed by atoms with van der Waals surface area (Å²) in [5, 5.41) is 3.31. The largest absolute Gasteiger partial charge is 0.573 e. The van der Waals surface area contributed by atoms with Gasteiger partial charge in [0.25, 0.3) is 16.0 Å². The van der Waals surface area contributed by atoms with Gasteiger partial charge in [-0.05, 0) is 51.0 Å². The van der Waals surface area contributed by atoms with Gasteiger partial charge >= 0.3 is 6.36 Å². The lowest BCUT2D eigenvalue weighted by atomic mass is 10.1. The van der Waals surface area contributed by atoms with E-state index in [0.29, 0.717) is 28.6 Å². The number of nitrogens with zero attached hydrogens (tertiary/aromatic N) is 2. The Morgan fingerprint density at radius 2 is 1.59 bits per heavy atom. The molecule has 0 saturated carbocycles. The summed E-state index contributed by atoms with van der Waals surface area (Å²) < 4.78 is 81.5. The number of hydrogen-bond donors (Lipinski definition) is 2. The minimum Gasteiger partial charge on any atom is -0.496 e. The number of rotatable bonds is 9. The van der Waals surface area contributed by atoms with Crippen molar-refractivity contribution >= 4 is 15.9 Å². The molecule has 2 N–H and O–H groups in total. The predicted molar refractivity (Wildman–Crippen MR) is 141 cm³/mol. The molecule has 0 aliphatic carbocycles. The van der Waals surface area contributed by atoms with Crippen molar-refractivity contribution in [3.63, 3.8) is 0 Å². The number of methoxy groups -OCH3 is 2. The van der Waals surface area contributed by atoms with Crippen LogP contribution in [0.1, 0.15) is 37.9 Å². The number of ether oxygens (including phenoxy) is 3. The summed E-state index contributed by atoms with van der Waals surface area (Å²) in [5.41, 5.74) is 2.46. The van der Waals surface area contributed by atoms with Crippen LogP contribution in [0, 0.1) is 13.8 Å². The molecular formula is C26H32F3N3O6S. The van der Waals surface area contributed by atoms with Crippen molar-refractivity contribution in [1.29, 1.82) is 0 Å². The van der Waals surface area contributed by atoms with Crippen molar-refractivity contribution in [2.45, 2.75) is 57.8 Å². The highest BCUT2D eigenvalue weighted by atomic mass is 32.2. The van der Waals surface area contributed by atoms with Crippen LogP contribution in [0.4, 0.5) is 19.0 Å². The third-order valence-corrected chi connectivity index (χ3v) is 6.41. The molecule has 2 aromatic carbocycles. The molecule has 3 aromatic rings. The van der Waals surface area contributed by atoms with Crippen LogP contribution in [0.25, 0.3) is 11.3 Å². The van der Waals surface area contributed by atoms with E-state index in [2.05, 4.69) is 33.9 Å². The standard InChI is InChI=1S/C19H24F3N3O3.C7H8O3S/c1-6-12(7-2)24-17-18(27-5)25-16(11(3)23-17)14-9-8-13(10-15(14)26-4)28-19(20,21)22;1-6-2-4-7(5-3-6)11(8,9)10/h8-10,12H,6-7H2,1-5H3,(H,23,24);2-5H,1H3,(H,8,9,10). The molecule has 1 aromatic heterocycles. The normalized spacial score (nSPS) is 11.5. The smallest absolute Gasteiger partial charge is 0.496 e. The zero-order chi connectivity index (χ0) is 29.4. The summed E-state index contributed by atoms with van der Waals surface area (Å²) >= 11 is 0. The molecule has 9 nitrogen and oxygen atoms in total. The quantitative estimate of drug-likeness (QED) is 0.289. The number of halogens is 3. The third kappa shape index (κ3) is 9.29. The first kappa shape index (κ1) is 31.6. The summed E-state index contributed by atoms with van der Waals surface area (Å²) in [4.78, 5) is 8.99. The van der Waals surface area contributed by atoms with Crippen molar-refractivity contribution in [2.75, 3.05) is 19.5 Å². The van der Waals surface area contributed by atoms with E-state index < -0.39 is 16.5 Å². The average molecular weight is 572 g/mol. The van der Waals surface area contributed by atoms with E-state index >= 15 is 0 Å². The number of alkyl halides is 3. The molecule has 0 aliphatic rings. The molecule has 39 heavy (non-hydrogen) atoms. The van der Waals surface area contributed by atoms with E-state index in [1.54, 1.807) is 19.1 Å². The zero-order valence-electron chi connectivity index (χ0n) is 22.5. The van der Waals surface area contributed by atoms with Crippen molar-refractivity contribution in [3.05, 3.63) is 53.7 Å². The maximum atomic E-state index is 12.5. The SMILES string of the molecule is CCC(CC)Nc1nc(C)c(-c2ccc(OC(F)(F)F)cc2OC)nc1OC.Cc1ccc(S(=O)(=O)O)cc1. The van der Waals surface area contributed by atoms with Crippen molar-refractivity contribution < 1.29 is 40.4 Å². The number of hydrogen-bond acceptors (Lipinski definition) is 8. The fourth-order valence-electron chi connectivity index (χ4n) is 3.46. The van der Waals surface area contributed by atoms with E-state index in [-0.39, 0.29) is 22.4 Å². The number of anilines is 1. The topological polar surface area (TPSA) is 120 Å². The van der Waals surface area contributed by atoms with Crippen LogP contribution < -0.4 is 19.5 Å². The maximum absolute atomic E-state index is 12.5. The van der Waals surface area contributed by atoms with Gasteiger partial charge in [0.05, 0.1) is 30.5 Å². The fraction of sp³-hybridized carbons (Fsp3) is 0.385. The Bertz CT molecular complexity index is 1350. The van der Waals surface area contributed by atoms with Crippen LogP contribution in [0.3, 0.4) is 0 Å². The van der Waals surface area contributed by atoms with Gasteiger partial charge in [0.1, 0.15) is 11.5 Å². The lowest BCUT2D eigenvalue weighted by Crippen LogP contribution is -2.19. The third-order valence-electron chi connectivity index (χ3n) is 5.54. The molecular weight excluding hydrogens is 539 g/mol. The minimum atomic E-state index is -4.78. The number of aromatic nitrogens is 2. The minimum absolute atomic E-state index is 0.0666. The molecule has 0 bridgehead atoms. The van der Waals surface area contributed by atoms with Gasteiger partial charge in [0.15, 0.2) is 5.82 Å². The van der Waals surface area contributed by atoms with E-state index in [1.165, 1.54) is 38.5 Å². The molecule has 0 spiro atoms. The molecule has 0 amide bonds. The summed E-state index contributed by atoms with van der Waals surface area (Å²) in [6.45, 7) is 7.74. The maximum Gasteiger partial charge on any atom is 0.573 e. The molecule has 1 heterocycles. The van der Waals surface area contributed by atoms with Crippen LogP contribution in [-0.2, 0) is 10.1 Å². The first-order valence-electron chi connectivity index (χ1n) is 11.9. The van der Waals surface area contributed by atoms with Gasteiger partial charge in [-0.3, -0.25) is 4.55 Å². The van der Waals surface area contributed by atoms with Gasteiger partial charge in [-0.2, -0.15) is 8.42 Å². The molecule has 214 valence electrons. The van der Waals surface area contributed by atoms with Gasteiger partial charge in [-0.1, -0.05) is 31.5 Å². The number of nitrogens with one attached hydrogen (secondary N) is 1. The second-order valence-corrected chi connectivity index (χ2v) is 9.79. The van der Waals surface area contributed by atoms with Gasteiger partial charge in [-0.25, -0.2) is 9.97 Å². The van der Waals surface area contributed by atoms with E-state index in [9.17, 15) is 21.6 Å². The second kappa shape index (κ2) is 13.5. The number of aryl methyl sites for hydroxylation is 2. The zero-order valence-corrected chi connectivity index (χ0v) is 23.3. The van der Waals surface area contributed by atoms with Crippen molar-refractivity contribution in [1.82, 2.24) is 9.97 Å². The summed E-state index contributed by atoms with van der Waals surface area (Å²) in [6, 6.07) is 10.0. The van der Waals surface area contributed by atoms with Crippen LogP contribution in [0.2, 0.25) is 0 Å². The monoisotopic (exact) mass is 571 g/mol. The molecule has 0 radical (unpaired) electrons. The summed E-state index contributed by atoms with van der Waals surface area (Å²) in [5.74, 6) is 0.623. The Kier molecular flexibility index (Phi) is 10.9. The molecule has 3 rings (SSSR count). The van der Waals surface area contributed by atoms with Crippen LogP contribution in [0.5, 0.6) is 17.4 Å². The van der Waals surface area contributed by atoms with Crippen molar-refractivity contribution in [2.24, 2.45) is 0 Å². The van der Waals surface area contributed by atoms with E-state index in [1.807, 2.05) is 6.92 Å². The highest BCUT2D eigenvalue weighted by Crippen LogP contribution is 2.37. The van der Waals surface area contributed by atoms with Crippen LogP contribution in [-0.4, -0.2) is 49.6 Å². The summed E-state index contributed by atoms with van der Waals surface area (Å²) in [7, 11) is -1.17. The highest BCUT2D eigenvalue weighted by Gasteiger charge is 2.31. The molecule has 0 fully saturated rings. The van der Waals surface area contributed by atoms with Gasteiger partial charge < -0.3 is 19.5 Å². The first-order chi connectivity index (χ1) is 18.2. The Morgan fingerprint density at radius 1 is 0.974 bits per heavy atom. The Balaban J connectivity index is 0.000000404. The highest BCUT2D eigenvalue weighted by molar-refractivity contribution is 7.85. The Morgan fingerprint density at radius 3 is 2.08 bits per heavy atom. The summed E-state index contributed by atoms with van der Waals surface area (Å²) in [6.07, 6.45) is -2.96. The Labute approximate surface area is 226 Å². The predicted octanol–water partition coefficient (Wildman–Crippen LogP) is 6.21. The van der Waals surface area contributed by atoms with E-state index in [4.69, 9.17) is 14.0 Å². The molecule has 13 heteroatoms. The van der Waals surface area contributed by atoms with Gasteiger partial charge in [0, 0.05) is 17.7 Å². The molecule has 0 unspecified atom stereocenters. The first-order valence-corrected chi connectivity index (χ1v) is 13.3. The van der Waals surface area contributed by atoms with Crippen LogP contribution in [0.15, 0.2) is 47.4 Å². The van der Waals surface area contributed by atoms with Gasteiger partial charge in [0.2, 0.25) is 0 Å². The van der Waals surface area contributed by atoms with Crippen molar-refractivity contribution in [3.8, 4) is 28.6 Å². The second-order valence-electron chi connectivity index (χ2n) is 8.37. The molecule has 0 atom stereocenters. The average Bonchev–Trinajstić information content (AvgIpc) is 2.86. The molecule has 0 saturated heterocycles.